The second-order valence-corrected chi connectivity index (χ2v) is 21.4. The monoisotopic (exact) mass is 1060 g/mol. The maximum absolute atomic E-state index is 13.1. The SMILES string of the molecule is Cc1cc2nc3cc(C)c(N)c(C)c3[n+](-c3ccccc3)c2cc1NCCCCCCNC(=O)c1ccc(-c2ccc(C(=O)NCCCCCCNc3cc4c(cc3C)nc3cc(C)c(N)c(C)c3[n+]4-c3ccccc3)cc2)cc1. The Kier molecular flexibility index (Phi) is 16.6. The molecule has 8 aromatic carbocycles. The van der Waals surface area contributed by atoms with Gasteiger partial charge in [0.25, 0.3) is 11.8 Å². The topological polar surface area (TPSA) is 168 Å². The normalized spacial score (nSPS) is 11.4. The fourth-order valence-corrected chi connectivity index (χ4v) is 11.0. The van der Waals surface area contributed by atoms with Crippen LogP contribution in [-0.2, 0) is 0 Å². The van der Waals surface area contributed by atoms with Crippen molar-refractivity contribution in [1.29, 1.82) is 0 Å². The number of nitrogen functional groups attached to an aromatic ring is 2. The zero-order valence-electron chi connectivity index (χ0n) is 47.1. The Bertz CT molecular complexity index is 3640. The third-order valence-electron chi connectivity index (χ3n) is 15.7. The first kappa shape index (κ1) is 54.5. The second-order valence-electron chi connectivity index (χ2n) is 21.4. The average Bonchev–Trinajstić information content (AvgIpc) is 3.65. The van der Waals surface area contributed by atoms with E-state index in [1.54, 1.807) is 0 Å². The molecule has 2 heterocycles. The first-order valence-electron chi connectivity index (χ1n) is 28.3. The molecule has 0 fully saturated rings. The molecule has 0 saturated carbocycles. The Morgan fingerprint density at radius 2 is 0.762 bits per heavy atom. The van der Waals surface area contributed by atoms with E-state index in [-0.39, 0.29) is 11.8 Å². The number of aromatic nitrogens is 4. The summed E-state index contributed by atoms with van der Waals surface area (Å²) in [5.41, 5.74) is 36.5. The number of para-hydroxylation sites is 2. The van der Waals surface area contributed by atoms with E-state index >= 15 is 0 Å². The van der Waals surface area contributed by atoms with E-state index in [1.807, 2.05) is 74.5 Å². The summed E-state index contributed by atoms with van der Waals surface area (Å²) >= 11 is 0. The van der Waals surface area contributed by atoms with Crippen LogP contribution < -0.4 is 41.9 Å². The van der Waals surface area contributed by atoms with Crippen molar-refractivity contribution in [3.8, 4) is 22.5 Å². The number of amides is 2. The summed E-state index contributed by atoms with van der Waals surface area (Å²) in [5.74, 6) is -0.150. The Hall–Kier alpha value is -8.90. The van der Waals surface area contributed by atoms with Crippen molar-refractivity contribution >= 4 is 78.7 Å². The van der Waals surface area contributed by atoms with Crippen LogP contribution in [0.3, 0.4) is 0 Å². The number of hydrogen-bond acceptors (Lipinski definition) is 8. The lowest BCUT2D eigenvalue weighted by Crippen LogP contribution is -2.34. The largest absolute Gasteiger partial charge is 0.398 e. The fourth-order valence-electron chi connectivity index (χ4n) is 11.0. The predicted octanol–water partition coefficient (Wildman–Crippen LogP) is 13.1. The molecule has 0 radical (unpaired) electrons. The first-order chi connectivity index (χ1) is 38.8. The minimum Gasteiger partial charge on any atom is -0.398 e. The Labute approximate surface area is 469 Å². The van der Waals surface area contributed by atoms with Crippen molar-refractivity contribution in [1.82, 2.24) is 20.6 Å². The van der Waals surface area contributed by atoms with Gasteiger partial charge in [0.15, 0.2) is 0 Å². The van der Waals surface area contributed by atoms with E-state index in [1.165, 1.54) is 0 Å². The molecule has 2 aromatic heterocycles. The van der Waals surface area contributed by atoms with Crippen LogP contribution >= 0.6 is 0 Å². The third kappa shape index (κ3) is 11.8. The number of hydrogen-bond donors (Lipinski definition) is 6. The zero-order chi connectivity index (χ0) is 55.9. The predicted molar refractivity (Wildman–Crippen MR) is 329 cm³/mol. The number of nitrogens with one attached hydrogen (secondary N) is 4. The van der Waals surface area contributed by atoms with Gasteiger partial charge < -0.3 is 32.7 Å². The molecule has 12 nitrogen and oxygen atoms in total. The van der Waals surface area contributed by atoms with Gasteiger partial charge in [-0.05, 0) is 149 Å². The van der Waals surface area contributed by atoms with Gasteiger partial charge in [-0.2, -0.15) is 0 Å². The van der Waals surface area contributed by atoms with Gasteiger partial charge in [-0.15, -0.1) is 9.13 Å². The highest BCUT2D eigenvalue weighted by Crippen LogP contribution is 2.32. The maximum atomic E-state index is 13.1. The number of rotatable bonds is 21. The standard InChI is InChI=1S/C68H72N10O2/c1-43-37-57-61(77(53-21-13-11-14-22-53)65-47(5)63(69)45(3)39-59(65)75-57)41-55(43)71-33-17-7-9-19-35-73-67(79)51-29-25-49(26-30-51)50-27-31-52(32-28-50)68(80)74-36-20-10-8-18-34-72-56-42-62-58(38-44(56)2)76-60-40-46(4)64(70)48(6)66(60)78(62)54-23-15-12-16-24-54/h11-16,21-32,37-42H,7-10,17-20,33-36H2,1-6H3,(H6,69,70,71,72,73,74,79,80)/p+2. The smallest absolute Gasteiger partial charge is 0.251 e. The van der Waals surface area contributed by atoms with Crippen LogP contribution in [-0.4, -0.2) is 48.0 Å². The van der Waals surface area contributed by atoms with E-state index in [0.29, 0.717) is 24.2 Å². The van der Waals surface area contributed by atoms with Crippen LogP contribution in [0, 0.1) is 41.5 Å². The van der Waals surface area contributed by atoms with Gasteiger partial charge in [0.05, 0.1) is 0 Å². The van der Waals surface area contributed by atoms with Gasteiger partial charge in [0, 0.05) is 108 Å². The van der Waals surface area contributed by atoms with Crippen LogP contribution in [0.15, 0.2) is 146 Å². The van der Waals surface area contributed by atoms with Crippen LogP contribution in [0.5, 0.6) is 0 Å². The van der Waals surface area contributed by atoms with Gasteiger partial charge >= 0.3 is 0 Å². The minimum atomic E-state index is -0.0752. The molecule has 12 heteroatoms. The number of benzene rings is 8. The Balaban J connectivity index is 0.629. The van der Waals surface area contributed by atoms with E-state index in [0.717, 1.165) is 187 Å². The minimum absolute atomic E-state index is 0.0752. The van der Waals surface area contributed by atoms with Crippen LogP contribution in [0.25, 0.3) is 66.6 Å². The lowest BCUT2D eigenvalue weighted by molar-refractivity contribution is -0.538. The molecule has 0 aliphatic carbocycles. The van der Waals surface area contributed by atoms with Crippen molar-refractivity contribution in [2.24, 2.45) is 0 Å². The number of unbranched alkanes of at least 4 members (excludes halogenated alkanes) is 6. The summed E-state index contributed by atoms with van der Waals surface area (Å²) < 4.78 is 4.57. The van der Waals surface area contributed by atoms with E-state index in [9.17, 15) is 9.59 Å². The van der Waals surface area contributed by atoms with E-state index in [2.05, 4.69) is 143 Å². The quantitative estimate of drug-likeness (QED) is 0.0179. The number of anilines is 4. The van der Waals surface area contributed by atoms with Gasteiger partial charge in [-0.3, -0.25) is 9.59 Å². The van der Waals surface area contributed by atoms with Gasteiger partial charge in [0.1, 0.15) is 22.1 Å². The van der Waals surface area contributed by atoms with E-state index in [4.69, 9.17) is 21.4 Å². The highest BCUT2D eigenvalue weighted by atomic mass is 16.2. The summed E-state index contributed by atoms with van der Waals surface area (Å²) in [7, 11) is 0. The van der Waals surface area contributed by atoms with Gasteiger partial charge in [-0.1, -0.05) is 86.3 Å². The van der Waals surface area contributed by atoms with Crippen LogP contribution in [0.1, 0.15) is 105 Å². The molecule has 0 atom stereocenters. The molecule has 10 aromatic rings. The number of nitrogens with zero attached hydrogens (tertiary/aromatic N) is 4. The number of fused-ring (bicyclic) bond motifs is 4. The first-order valence-corrected chi connectivity index (χ1v) is 28.3. The fraction of sp³-hybridized carbons (Fsp3) is 0.265. The van der Waals surface area contributed by atoms with Crippen molar-refractivity contribution in [3.05, 3.63) is 190 Å². The molecule has 80 heavy (non-hydrogen) atoms. The molecule has 0 aliphatic heterocycles. The number of carbonyl (C=O) groups is 2. The molecule has 0 aliphatic rings. The lowest BCUT2D eigenvalue weighted by Gasteiger charge is -2.13. The summed E-state index contributed by atoms with van der Waals surface area (Å²) in [6, 6.07) is 49.1. The van der Waals surface area contributed by atoms with Crippen molar-refractivity contribution in [2.45, 2.75) is 92.9 Å². The summed E-state index contributed by atoms with van der Waals surface area (Å²) in [6.07, 6.45) is 7.99. The molecule has 406 valence electrons. The highest BCUT2D eigenvalue weighted by Gasteiger charge is 2.26. The number of nitrogens with two attached hydrogens (primary N) is 2. The second kappa shape index (κ2) is 24.4. The zero-order valence-corrected chi connectivity index (χ0v) is 47.1. The number of carbonyl (C=O) groups excluding carboxylic acids is 2. The number of aryl methyl sites for hydroxylation is 6. The Morgan fingerprint density at radius 3 is 1.14 bits per heavy atom. The van der Waals surface area contributed by atoms with Crippen LogP contribution in [0.2, 0.25) is 0 Å². The molecule has 0 spiro atoms. The summed E-state index contributed by atoms with van der Waals surface area (Å²) in [5, 5.41) is 13.6. The van der Waals surface area contributed by atoms with Crippen LogP contribution in [0.4, 0.5) is 22.7 Å². The highest BCUT2D eigenvalue weighted by molar-refractivity contribution is 5.96. The van der Waals surface area contributed by atoms with Crippen molar-refractivity contribution < 1.29 is 18.7 Å². The molecule has 2 amide bonds. The Morgan fingerprint density at radius 1 is 0.412 bits per heavy atom. The molecular weight excluding hydrogens is 989 g/mol. The summed E-state index contributed by atoms with van der Waals surface area (Å²) in [4.78, 5) is 36.3. The summed E-state index contributed by atoms with van der Waals surface area (Å²) in [6.45, 7) is 15.4. The average molecular weight is 1060 g/mol. The molecule has 0 saturated heterocycles. The lowest BCUT2D eigenvalue weighted by atomic mass is 10.0. The maximum Gasteiger partial charge on any atom is 0.251 e. The molecule has 10 rings (SSSR count). The van der Waals surface area contributed by atoms with E-state index < -0.39 is 0 Å². The van der Waals surface area contributed by atoms with Gasteiger partial charge in [0.2, 0.25) is 33.4 Å². The third-order valence-corrected chi connectivity index (χ3v) is 15.7. The molecule has 8 N–H and O–H groups in total. The van der Waals surface area contributed by atoms with Crippen molar-refractivity contribution in [3.63, 3.8) is 0 Å². The molecule has 0 bridgehead atoms. The van der Waals surface area contributed by atoms with Gasteiger partial charge in [-0.25, -0.2) is 9.97 Å². The van der Waals surface area contributed by atoms with Crippen molar-refractivity contribution in [2.75, 3.05) is 48.3 Å². The molecule has 0 unspecified atom stereocenters. The molecular formula is C68H74N10O2+2.